The Kier molecular flexibility index (Phi) is 5.18. The van der Waals surface area contributed by atoms with E-state index in [4.69, 9.17) is 14.2 Å². The molecule has 8 heteroatoms. The number of benzene rings is 2. The Balaban J connectivity index is 1.71. The van der Waals surface area contributed by atoms with Crippen molar-refractivity contribution in [1.29, 1.82) is 0 Å². The Morgan fingerprint density at radius 2 is 1.86 bits per heavy atom. The van der Waals surface area contributed by atoms with Crippen molar-refractivity contribution in [3.8, 4) is 28.6 Å². The first-order valence-corrected chi connectivity index (χ1v) is 9.81. The summed E-state index contributed by atoms with van der Waals surface area (Å²) in [6.07, 6.45) is 1.80. The van der Waals surface area contributed by atoms with Crippen LogP contribution in [0.25, 0.3) is 22.4 Å². The fourth-order valence-electron chi connectivity index (χ4n) is 2.90. The highest BCUT2D eigenvalue weighted by Crippen LogP contribution is 2.28. The van der Waals surface area contributed by atoms with Crippen LogP contribution in [0.15, 0.2) is 47.3 Å². The molecule has 0 spiro atoms. The molecule has 0 unspecified atom stereocenters. The summed E-state index contributed by atoms with van der Waals surface area (Å²) in [4.78, 5) is 17.8. The maximum Gasteiger partial charge on any atom is 0.291 e. The summed E-state index contributed by atoms with van der Waals surface area (Å²) in [6, 6.07) is 12.9. The van der Waals surface area contributed by atoms with Crippen LogP contribution in [0.5, 0.6) is 17.2 Å². The highest BCUT2D eigenvalue weighted by molar-refractivity contribution is 7.15. The molecule has 4 aromatic rings. The number of hydrogen-bond acceptors (Lipinski definition) is 7. The van der Waals surface area contributed by atoms with Crippen molar-refractivity contribution in [2.45, 2.75) is 6.92 Å². The predicted octanol–water partition coefficient (Wildman–Crippen LogP) is 2.78. The second kappa shape index (κ2) is 7.92. The van der Waals surface area contributed by atoms with E-state index in [1.54, 1.807) is 20.3 Å². The first kappa shape index (κ1) is 18.9. The van der Waals surface area contributed by atoms with Crippen LogP contribution >= 0.6 is 11.3 Å². The van der Waals surface area contributed by atoms with Gasteiger partial charge in [-0.1, -0.05) is 17.4 Å². The van der Waals surface area contributed by atoms with Crippen molar-refractivity contribution in [2.24, 2.45) is 0 Å². The van der Waals surface area contributed by atoms with Gasteiger partial charge >= 0.3 is 0 Å². The summed E-state index contributed by atoms with van der Waals surface area (Å²) in [6.45, 7) is 2.46. The molecule has 0 aliphatic heterocycles. The fraction of sp³-hybridized carbons (Fsp3) is 0.190. The molecule has 2 aromatic heterocycles. The lowest BCUT2D eigenvalue weighted by Gasteiger charge is -2.09. The van der Waals surface area contributed by atoms with E-state index >= 15 is 0 Å². The summed E-state index contributed by atoms with van der Waals surface area (Å²) in [5, 5.41) is 4.37. The summed E-state index contributed by atoms with van der Waals surface area (Å²) in [5.74, 6) is 2.54. The van der Waals surface area contributed by atoms with Crippen molar-refractivity contribution >= 4 is 22.4 Å². The van der Waals surface area contributed by atoms with E-state index < -0.39 is 0 Å². The maximum atomic E-state index is 12.8. The van der Waals surface area contributed by atoms with E-state index in [2.05, 4.69) is 10.1 Å². The molecule has 7 nitrogen and oxygen atoms in total. The van der Waals surface area contributed by atoms with E-state index in [-0.39, 0.29) is 5.56 Å². The number of hydrogen-bond donors (Lipinski definition) is 0. The Morgan fingerprint density at radius 3 is 2.52 bits per heavy atom. The van der Waals surface area contributed by atoms with E-state index in [1.807, 2.05) is 49.4 Å². The van der Waals surface area contributed by atoms with Gasteiger partial charge in [0.15, 0.2) is 17.3 Å². The molecule has 0 bridgehead atoms. The minimum Gasteiger partial charge on any atom is -0.497 e. The standard InChI is InChI=1S/C21H19N3O4S/c1-4-28-16-10-5-13(11-17(16)27-3)12-18-20(25)24-21(29-18)22-19(23-24)14-6-8-15(26-2)9-7-14/h5-12H,4H2,1-3H3/b18-12-. The summed E-state index contributed by atoms with van der Waals surface area (Å²) >= 11 is 1.29. The van der Waals surface area contributed by atoms with Gasteiger partial charge in [0, 0.05) is 5.56 Å². The van der Waals surface area contributed by atoms with Gasteiger partial charge in [-0.2, -0.15) is 9.50 Å². The number of fused-ring (bicyclic) bond motifs is 1. The number of thiazole rings is 1. The van der Waals surface area contributed by atoms with Crippen molar-refractivity contribution in [1.82, 2.24) is 14.6 Å². The third-order valence-corrected chi connectivity index (χ3v) is 5.27. The van der Waals surface area contributed by atoms with Gasteiger partial charge in [-0.25, -0.2) is 0 Å². The molecule has 0 amide bonds. The van der Waals surface area contributed by atoms with Crippen LogP contribution in [0.3, 0.4) is 0 Å². The second-order valence-corrected chi connectivity index (χ2v) is 7.13. The van der Waals surface area contributed by atoms with Crippen molar-refractivity contribution < 1.29 is 14.2 Å². The minimum absolute atomic E-state index is 0.204. The summed E-state index contributed by atoms with van der Waals surface area (Å²) in [5.41, 5.74) is 1.45. The lowest BCUT2D eigenvalue weighted by atomic mass is 10.2. The van der Waals surface area contributed by atoms with E-state index in [9.17, 15) is 4.79 Å². The first-order chi connectivity index (χ1) is 14.1. The topological polar surface area (TPSA) is 75.0 Å². The van der Waals surface area contributed by atoms with Crippen molar-refractivity contribution in [3.63, 3.8) is 0 Å². The quantitative estimate of drug-likeness (QED) is 0.488. The van der Waals surface area contributed by atoms with Crippen LogP contribution in [0.2, 0.25) is 0 Å². The van der Waals surface area contributed by atoms with Crippen LogP contribution in [0.4, 0.5) is 0 Å². The molecule has 0 N–H and O–H groups in total. The third kappa shape index (κ3) is 3.66. The molecule has 2 aromatic carbocycles. The molecule has 0 aliphatic carbocycles. The van der Waals surface area contributed by atoms with Gasteiger partial charge in [0.25, 0.3) is 5.56 Å². The third-order valence-electron chi connectivity index (χ3n) is 4.32. The highest BCUT2D eigenvalue weighted by Gasteiger charge is 2.12. The molecular weight excluding hydrogens is 390 g/mol. The van der Waals surface area contributed by atoms with Crippen LogP contribution in [-0.4, -0.2) is 35.4 Å². The zero-order valence-electron chi connectivity index (χ0n) is 16.2. The lowest BCUT2D eigenvalue weighted by molar-refractivity contribution is 0.311. The minimum atomic E-state index is -0.204. The smallest absolute Gasteiger partial charge is 0.291 e. The first-order valence-electron chi connectivity index (χ1n) is 8.99. The van der Waals surface area contributed by atoms with Crippen LogP contribution < -0.4 is 24.3 Å². The van der Waals surface area contributed by atoms with Gasteiger partial charge in [-0.05, 0) is 55.0 Å². The van der Waals surface area contributed by atoms with Gasteiger partial charge in [0.05, 0.1) is 25.4 Å². The van der Waals surface area contributed by atoms with Gasteiger partial charge in [0.2, 0.25) is 4.96 Å². The molecule has 0 saturated carbocycles. The number of methoxy groups -OCH3 is 2. The van der Waals surface area contributed by atoms with Crippen LogP contribution in [0.1, 0.15) is 12.5 Å². The Labute approximate surface area is 170 Å². The number of ether oxygens (including phenoxy) is 3. The zero-order valence-corrected chi connectivity index (χ0v) is 17.0. The molecule has 0 atom stereocenters. The Bertz CT molecular complexity index is 1260. The van der Waals surface area contributed by atoms with Crippen molar-refractivity contribution in [3.05, 3.63) is 62.9 Å². The molecule has 29 heavy (non-hydrogen) atoms. The molecule has 2 heterocycles. The monoisotopic (exact) mass is 409 g/mol. The number of aromatic nitrogens is 3. The van der Waals surface area contributed by atoms with Gasteiger partial charge in [-0.15, -0.1) is 5.10 Å². The largest absolute Gasteiger partial charge is 0.497 e. The lowest BCUT2D eigenvalue weighted by Crippen LogP contribution is -2.23. The molecule has 148 valence electrons. The normalized spacial score (nSPS) is 11.8. The number of rotatable bonds is 6. The van der Waals surface area contributed by atoms with Gasteiger partial charge in [-0.3, -0.25) is 4.79 Å². The zero-order chi connectivity index (χ0) is 20.4. The molecule has 0 fully saturated rings. The van der Waals surface area contributed by atoms with Crippen LogP contribution in [0, 0.1) is 0 Å². The predicted molar refractivity (Wildman–Crippen MR) is 112 cm³/mol. The highest BCUT2D eigenvalue weighted by atomic mass is 32.1. The summed E-state index contributed by atoms with van der Waals surface area (Å²) < 4.78 is 18.0. The van der Waals surface area contributed by atoms with Gasteiger partial charge < -0.3 is 14.2 Å². The van der Waals surface area contributed by atoms with Crippen LogP contribution in [-0.2, 0) is 0 Å². The van der Waals surface area contributed by atoms with E-state index in [0.717, 1.165) is 16.9 Å². The Hall–Kier alpha value is -3.39. The molecule has 0 radical (unpaired) electrons. The van der Waals surface area contributed by atoms with Gasteiger partial charge in [0.1, 0.15) is 5.75 Å². The van der Waals surface area contributed by atoms with Crippen molar-refractivity contribution in [2.75, 3.05) is 20.8 Å². The fourth-order valence-corrected chi connectivity index (χ4v) is 3.80. The average molecular weight is 409 g/mol. The SMILES string of the molecule is CCOc1ccc(/C=c2\sc3nc(-c4ccc(OC)cc4)nn3c2=O)cc1OC. The summed E-state index contributed by atoms with van der Waals surface area (Å²) in [7, 11) is 3.20. The van der Waals surface area contributed by atoms with E-state index in [0.29, 0.717) is 33.4 Å². The molecule has 4 rings (SSSR count). The molecule has 0 aliphatic rings. The van der Waals surface area contributed by atoms with E-state index in [1.165, 1.54) is 15.9 Å². The molecule has 0 saturated heterocycles. The Morgan fingerprint density at radius 1 is 1.07 bits per heavy atom. The number of nitrogens with zero attached hydrogens (tertiary/aromatic N) is 3. The second-order valence-electron chi connectivity index (χ2n) is 6.12. The maximum absolute atomic E-state index is 12.8. The molecular formula is C21H19N3O4S. The average Bonchev–Trinajstić information content (AvgIpc) is 3.29.